The molecule has 41 heavy (non-hydrogen) atoms. The largest absolute Gasteiger partial charge is 0.334 e. The Kier molecular flexibility index (Phi) is 5.29. The first kappa shape index (κ1) is 24.5. The topological polar surface area (TPSA) is 8.17 Å². The monoisotopic (exact) mass is 532 g/mol. The van der Waals surface area contributed by atoms with Gasteiger partial charge in [-0.15, -0.1) is 0 Å². The fraction of sp³-hybridized carbons (Fsp3) is 0.231. The quantitative estimate of drug-likeness (QED) is 0.220. The van der Waals surface area contributed by atoms with Gasteiger partial charge in [0, 0.05) is 33.2 Å². The highest BCUT2D eigenvalue weighted by Crippen LogP contribution is 2.61. The van der Waals surface area contributed by atoms with Gasteiger partial charge in [0.05, 0.1) is 16.6 Å². The molecule has 0 N–H and O–H groups in total. The average Bonchev–Trinajstić information content (AvgIpc) is 3.44. The van der Waals surface area contributed by atoms with E-state index in [-0.39, 0.29) is 11.0 Å². The minimum absolute atomic E-state index is 0.00871. The Labute approximate surface area is 242 Å². The van der Waals surface area contributed by atoms with Crippen LogP contribution in [0.4, 0.5) is 11.4 Å². The van der Waals surface area contributed by atoms with Crippen LogP contribution in [0.25, 0.3) is 38.6 Å². The van der Waals surface area contributed by atoms with Crippen molar-refractivity contribution >= 4 is 33.2 Å². The van der Waals surface area contributed by atoms with Crippen molar-refractivity contribution in [2.75, 3.05) is 4.90 Å². The van der Waals surface area contributed by atoms with E-state index in [1.165, 1.54) is 86.8 Å². The van der Waals surface area contributed by atoms with Crippen LogP contribution in [-0.2, 0) is 5.41 Å². The number of anilines is 2. The van der Waals surface area contributed by atoms with Crippen molar-refractivity contribution in [2.24, 2.45) is 0 Å². The zero-order valence-corrected chi connectivity index (χ0v) is 24.2. The second-order valence-electron chi connectivity index (χ2n) is 12.6. The number of para-hydroxylation sites is 2. The highest BCUT2D eigenvalue weighted by atomic mass is 15.3. The first-order valence-corrected chi connectivity index (χ1v) is 15.1. The number of fused-ring (bicyclic) bond motifs is 6. The number of rotatable bonds is 3. The Morgan fingerprint density at radius 2 is 1.22 bits per heavy atom. The lowest BCUT2D eigenvalue weighted by Gasteiger charge is -2.50. The number of hydrogen-bond donors (Lipinski definition) is 0. The van der Waals surface area contributed by atoms with Gasteiger partial charge in [-0.25, -0.2) is 0 Å². The molecule has 1 aromatic heterocycles. The highest BCUT2D eigenvalue weighted by Gasteiger charge is 2.57. The number of benzene rings is 5. The summed E-state index contributed by atoms with van der Waals surface area (Å²) in [4.78, 5) is 2.71. The average molecular weight is 533 g/mol. The standard InChI is InChI=1S/C39H36N2/c1-27-23-30(40-35-17-9-7-15-32(35)33-16-8-10-18-36(33)40)26-31(24-27)41-37-20-19-29(28-13-5-4-6-14-28)25-34(37)38(2)21-11-12-22-39(38,41)3/h4-10,13-20,23-26H,11-12,21-22H2,1-3H3. The lowest BCUT2D eigenvalue weighted by molar-refractivity contribution is 0.195. The molecule has 5 aromatic carbocycles. The van der Waals surface area contributed by atoms with Crippen LogP contribution in [-0.4, -0.2) is 10.1 Å². The van der Waals surface area contributed by atoms with Crippen molar-refractivity contribution in [3.63, 3.8) is 0 Å². The number of aryl methyl sites for hydroxylation is 1. The highest BCUT2D eigenvalue weighted by molar-refractivity contribution is 6.09. The van der Waals surface area contributed by atoms with E-state index >= 15 is 0 Å². The van der Waals surface area contributed by atoms with Crippen molar-refractivity contribution in [1.29, 1.82) is 0 Å². The van der Waals surface area contributed by atoms with E-state index in [4.69, 9.17) is 0 Å². The molecule has 0 radical (unpaired) electrons. The number of aromatic nitrogens is 1. The Balaban J connectivity index is 1.35. The number of nitrogens with zero attached hydrogens (tertiary/aromatic N) is 2. The van der Waals surface area contributed by atoms with Crippen LogP contribution >= 0.6 is 0 Å². The molecular weight excluding hydrogens is 496 g/mol. The van der Waals surface area contributed by atoms with E-state index < -0.39 is 0 Å². The van der Waals surface area contributed by atoms with Crippen LogP contribution in [0.3, 0.4) is 0 Å². The van der Waals surface area contributed by atoms with Gasteiger partial charge in [0.1, 0.15) is 0 Å². The Morgan fingerprint density at radius 3 is 1.95 bits per heavy atom. The van der Waals surface area contributed by atoms with Gasteiger partial charge in [0.2, 0.25) is 0 Å². The zero-order chi connectivity index (χ0) is 27.8. The van der Waals surface area contributed by atoms with Gasteiger partial charge in [-0.05, 0) is 91.4 Å². The molecule has 2 nitrogen and oxygen atoms in total. The molecule has 1 fully saturated rings. The normalized spacial score (nSPS) is 21.8. The first-order chi connectivity index (χ1) is 20.0. The van der Waals surface area contributed by atoms with E-state index in [1.807, 2.05) is 0 Å². The predicted octanol–water partition coefficient (Wildman–Crippen LogP) is 10.5. The molecule has 2 atom stereocenters. The lowest BCUT2D eigenvalue weighted by atomic mass is 9.61. The van der Waals surface area contributed by atoms with Crippen molar-refractivity contribution in [3.8, 4) is 16.8 Å². The van der Waals surface area contributed by atoms with E-state index in [0.717, 1.165) is 0 Å². The van der Waals surface area contributed by atoms with Crippen LogP contribution < -0.4 is 4.90 Å². The Hall–Kier alpha value is -4.30. The molecule has 0 saturated heterocycles. The maximum Gasteiger partial charge on any atom is 0.0541 e. The van der Waals surface area contributed by atoms with Gasteiger partial charge < -0.3 is 9.47 Å². The third-order valence-electron chi connectivity index (χ3n) is 10.4. The SMILES string of the molecule is Cc1cc(N2c3ccc(-c4ccccc4)cc3C3(C)CCCCC23C)cc(-n2c3ccccc3c3ccccc32)c1. The summed E-state index contributed by atoms with van der Waals surface area (Å²) < 4.78 is 2.46. The molecular formula is C39H36N2. The molecule has 1 aliphatic heterocycles. The van der Waals surface area contributed by atoms with Crippen LogP contribution in [0.2, 0.25) is 0 Å². The van der Waals surface area contributed by atoms with Crippen molar-refractivity contribution in [1.82, 2.24) is 4.57 Å². The molecule has 6 aromatic rings. The van der Waals surface area contributed by atoms with E-state index in [2.05, 4.69) is 145 Å². The summed E-state index contributed by atoms with van der Waals surface area (Å²) in [7, 11) is 0. The van der Waals surface area contributed by atoms with Crippen molar-refractivity contribution in [2.45, 2.75) is 57.4 Å². The second-order valence-corrected chi connectivity index (χ2v) is 12.6. The van der Waals surface area contributed by atoms with Gasteiger partial charge in [0.25, 0.3) is 0 Å². The third kappa shape index (κ3) is 3.43. The molecule has 2 heteroatoms. The molecule has 202 valence electrons. The molecule has 0 bridgehead atoms. The molecule has 2 unspecified atom stereocenters. The summed E-state index contributed by atoms with van der Waals surface area (Å²) in [6.07, 6.45) is 4.97. The van der Waals surface area contributed by atoms with Crippen molar-refractivity contribution in [3.05, 3.63) is 126 Å². The van der Waals surface area contributed by atoms with E-state index in [9.17, 15) is 0 Å². The summed E-state index contributed by atoms with van der Waals surface area (Å²) in [5.74, 6) is 0. The van der Waals surface area contributed by atoms with E-state index in [1.54, 1.807) is 0 Å². The molecule has 0 amide bonds. The van der Waals surface area contributed by atoms with Gasteiger partial charge in [-0.2, -0.15) is 0 Å². The minimum atomic E-state index is 0.00871. The fourth-order valence-corrected chi connectivity index (χ4v) is 8.15. The summed E-state index contributed by atoms with van der Waals surface area (Å²) in [6, 6.07) is 42.9. The number of hydrogen-bond acceptors (Lipinski definition) is 1. The first-order valence-electron chi connectivity index (χ1n) is 15.1. The summed E-state index contributed by atoms with van der Waals surface area (Å²) in [6.45, 7) is 7.30. The summed E-state index contributed by atoms with van der Waals surface area (Å²) >= 11 is 0. The van der Waals surface area contributed by atoms with E-state index in [0.29, 0.717) is 0 Å². The van der Waals surface area contributed by atoms with Gasteiger partial charge in [0.15, 0.2) is 0 Å². The molecule has 2 aliphatic rings. The molecule has 2 heterocycles. The van der Waals surface area contributed by atoms with Gasteiger partial charge in [-0.1, -0.05) is 92.6 Å². The maximum atomic E-state index is 2.71. The van der Waals surface area contributed by atoms with Crippen LogP contribution in [0.5, 0.6) is 0 Å². The Morgan fingerprint density at radius 1 is 0.585 bits per heavy atom. The van der Waals surface area contributed by atoms with Crippen LogP contribution in [0.1, 0.15) is 50.7 Å². The molecule has 1 saturated carbocycles. The summed E-state index contributed by atoms with van der Waals surface area (Å²) in [5, 5.41) is 2.61. The second kappa shape index (κ2) is 8.85. The van der Waals surface area contributed by atoms with Crippen LogP contribution in [0.15, 0.2) is 115 Å². The van der Waals surface area contributed by atoms with Gasteiger partial charge in [-0.3, -0.25) is 0 Å². The minimum Gasteiger partial charge on any atom is -0.334 e. The third-order valence-corrected chi connectivity index (χ3v) is 10.4. The lowest BCUT2D eigenvalue weighted by Crippen LogP contribution is -2.54. The predicted molar refractivity (Wildman–Crippen MR) is 174 cm³/mol. The fourth-order valence-electron chi connectivity index (χ4n) is 8.15. The van der Waals surface area contributed by atoms with Crippen LogP contribution in [0, 0.1) is 6.92 Å². The Bertz CT molecular complexity index is 1890. The molecule has 0 spiro atoms. The maximum absolute atomic E-state index is 2.71. The van der Waals surface area contributed by atoms with Crippen molar-refractivity contribution < 1.29 is 0 Å². The molecule has 8 rings (SSSR count). The summed E-state index contributed by atoms with van der Waals surface area (Å²) in [5.41, 5.74) is 11.9. The zero-order valence-electron chi connectivity index (χ0n) is 24.2. The van der Waals surface area contributed by atoms with Gasteiger partial charge >= 0.3 is 0 Å². The molecule has 1 aliphatic carbocycles. The smallest absolute Gasteiger partial charge is 0.0541 e.